The minimum atomic E-state index is -0.968. The molecule has 5 heteroatoms. The Bertz CT molecular complexity index is 510. The molecule has 2 atom stereocenters. The molecule has 0 aliphatic heterocycles. The van der Waals surface area contributed by atoms with Crippen molar-refractivity contribution in [3.05, 3.63) is 29.3 Å². The third-order valence-electron chi connectivity index (χ3n) is 3.59. The Morgan fingerprint density at radius 2 is 1.82 bits per heavy atom. The van der Waals surface area contributed by atoms with Crippen LogP contribution in [0.2, 0.25) is 0 Å². The smallest absolute Gasteiger partial charge is 0.326 e. The van der Waals surface area contributed by atoms with Gasteiger partial charge in [-0.05, 0) is 43.0 Å². The molecule has 2 unspecified atom stereocenters. The molecule has 1 aromatic rings. The molecular formula is C17H25NO3S. The molecule has 1 rings (SSSR count). The molecule has 0 aliphatic rings. The highest BCUT2D eigenvalue weighted by Crippen LogP contribution is 2.21. The molecule has 1 aromatic carbocycles. The lowest BCUT2D eigenvalue weighted by atomic mass is 9.99. The van der Waals surface area contributed by atoms with Gasteiger partial charge in [-0.1, -0.05) is 26.3 Å². The van der Waals surface area contributed by atoms with E-state index in [2.05, 4.69) is 23.5 Å². The summed E-state index contributed by atoms with van der Waals surface area (Å²) in [7, 11) is 0. The van der Waals surface area contributed by atoms with Gasteiger partial charge in [-0.15, -0.1) is 11.8 Å². The van der Waals surface area contributed by atoms with E-state index in [4.69, 9.17) is 5.11 Å². The Hall–Kier alpha value is -1.49. The Morgan fingerprint density at radius 1 is 1.23 bits per heavy atom. The number of carboxylic acids is 1. The van der Waals surface area contributed by atoms with E-state index >= 15 is 0 Å². The van der Waals surface area contributed by atoms with Gasteiger partial charge in [-0.2, -0.15) is 0 Å². The van der Waals surface area contributed by atoms with Crippen LogP contribution in [0.4, 0.5) is 0 Å². The van der Waals surface area contributed by atoms with E-state index in [9.17, 15) is 9.59 Å². The van der Waals surface area contributed by atoms with Gasteiger partial charge < -0.3 is 10.4 Å². The first-order valence-electron chi connectivity index (χ1n) is 7.56. The zero-order chi connectivity index (χ0) is 16.7. The summed E-state index contributed by atoms with van der Waals surface area (Å²) in [4.78, 5) is 24.2. The van der Waals surface area contributed by atoms with Gasteiger partial charge in [0.2, 0.25) is 5.91 Å². The number of hydrogen-bond acceptors (Lipinski definition) is 3. The zero-order valence-electron chi connectivity index (χ0n) is 13.7. The summed E-state index contributed by atoms with van der Waals surface area (Å²) in [6, 6.07) is 5.49. The third-order valence-corrected chi connectivity index (χ3v) is 4.57. The quantitative estimate of drug-likeness (QED) is 0.720. The molecule has 0 aliphatic carbocycles. The first-order valence-corrected chi connectivity index (χ1v) is 8.55. The van der Waals surface area contributed by atoms with Crippen molar-refractivity contribution in [3.8, 4) is 0 Å². The maximum Gasteiger partial charge on any atom is 0.326 e. The van der Waals surface area contributed by atoms with E-state index in [0.717, 1.165) is 4.90 Å². The highest BCUT2D eigenvalue weighted by atomic mass is 32.2. The standard InChI is InChI=1S/C17H25NO3S/c1-5-13(4)16(17(20)21)18-15(19)6-7-22-14-9-11(2)8-12(3)10-14/h8-10,13,16H,5-7H2,1-4H3,(H,18,19)(H,20,21). The summed E-state index contributed by atoms with van der Waals surface area (Å²) >= 11 is 1.62. The maximum absolute atomic E-state index is 11.9. The van der Waals surface area contributed by atoms with Gasteiger partial charge in [-0.3, -0.25) is 4.79 Å². The van der Waals surface area contributed by atoms with Crippen LogP contribution in [-0.4, -0.2) is 28.8 Å². The fraction of sp³-hybridized carbons (Fsp3) is 0.529. The largest absolute Gasteiger partial charge is 0.480 e. The lowest BCUT2D eigenvalue weighted by molar-refractivity contribution is -0.143. The normalized spacial score (nSPS) is 13.5. The van der Waals surface area contributed by atoms with E-state index < -0.39 is 12.0 Å². The van der Waals surface area contributed by atoms with Crippen molar-refractivity contribution in [1.82, 2.24) is 5.32 Å². The Labute approximate surface area is 136 Å². The molecule has 1 amide bonds. The van der Waals surface area contributed by atoms with Gasteiger partial charge in [0.25, 0.3) is 0 Å². The number of carbonyl (C=O) groups excluding carboxylic acids is 1. The second kappa shape index (κ2) is 8.83. The maximum atomic E-state index is 11.9. The summed E-state index contributed by atoms with van der Waals surface area (Å²) < 4.78 is 0. The van der Waals surface area contributed by atoms with Crippen LogP contribution in [0.5, 0.6) is 0 Å². The first-order chi connectivity index (χ1) is 10.3. The number of nitrogens with one attached hydrogen (secondary N) is 1. The number of amides is 1. The SMILES string of the molecule is CCC(C)C(NC(=O)CCSc1cc(C)cc(C)c1)C(=O)O. The summed E-state index contributed by atoms with van der Waals surface area (Å²) in [6.07, 6.45) is 1.03. The summed E-state index contributed by atoms with van der Waals surface area (Å²) in [6.45, 7) is 7.85. The molecule has 22 heavy (non-hydrogen) atoms. The van der Waals surface area contributed by atoms with Gasteiger partial charge in [-0.25, -0.2) is 4.79 Å². The first kappa shape index (κ1) is 18.6. The van der Waals surface area contributed by atoms with Gasteiger partial charge in [0.05, 0.1) is 0 Å². The van der Waals surface area contributed by atoms with Gasteiger partial charge in [0, 0.05) is 17.1 Å². The van der Waals surface area contributed by atoms with Crippen LogP contribution in [-0.2, 0) is 9.59 Å². The zero-order valence-corrected chi connectivity index (χ0v) is 14.5. The summed E-state index contributed by atoms with van der Waals surface area (Å²) in [5, 5.41) is 11.8. The lowest BCUT2D eigenvalue weighted by Crippen LogP contribution is -2.45. The Morgan fingerprint density at radius 3 is 2.32 bits per heavy atom. The van der Waals surface area contributed by atoms with Gasteiger partial charge >= 0.3 is 5.97 Å². The van der Waals surface area contributed by atoms with Crippen LogP contribution in [0.1, 0.15) is 37.8 Å². The molecule has 0 radical (unpaired) electrons. The molecule has 0 heterocycles. The number of rotatable bonds is 8. The highest BCUT2D eigenvalue weighted by Gasteiger charge is 2.24. The summed E-state index contributed by atoms with van der Waals surface area (Å²) in [5.41, 5.74) is 2.41. The molecule has 0 aromatic heterocycles. The van der Waals surface area contributed by atoms with E-state index in [1.165, 1.54) is 11.1 Å². The van der Waals surface area contributed by atoms with Crippen molar-refractivity contribution in [3.63, 3.8) is 0 Å². The fourth-order valence-electron chi connectivity index (χ4n) is 2.21. The second-order valence-corrected chi connectivity index (χ2v) is 6.86. The molecule has 2 N–H and O–H groups in total. The predicted molar refractivity (Wildman–Crippen MR) is 90.3 cm³/mol. The minimum Gasteiger partial charge on any atom is -0.480 e. The lowest BCUT2D eigenvalue weighted by Gasteiger charge is -2.20. The molecule has 0 bridgehead atoms. The molecule has 122 valence electrons. The van der Waals surface area contributed by atoms with Gasteiger partial charge in [0.15, 0.2) is 0 Å². The molecule has 0 saturated carbocycles. The van der Waals surface area contributed by atoms with E-state index in [1.807, 2.05) is 27.7 Å². The number of thioether (sulfide) groups is 1. The number of benzene rings is 1. The molecule has 0 saturated heterocycles. The minimum absolute atomic E-state index is 0.0754. The second-order valence-electron chi connectivity index (χ2n) is 5.69. The number of hydrogen-bond donors (Lipinski definition) is 2. The van der Waals surface area contributed by atoms with Crippen molar-refractivity contribution in [1.29, 1.82) is 0 Å². The predicted octanol–water partition coefficient (Wildman–Crippen LogP) is 3.40. The Balaban J connectivity index is 2.47. The fourth-order valence-corrected chi connectivity index (χ4v) is 3.27. The van der Waals surface area contributed by atoms with E-state index in [0.29, 0.717) is 18.6 Å². The summed E-state index contributed by atoms with van der Waals surface area (Å²) in [5.74, 6) is -0.607. The molecule has 0 fully saturated rings. The molecule has 4 nitrogen and oxygen atoms in total. The molecule has 0 spiro atoms. The number of aryl methyl sites for hydroxylation is 2. The highest BCUT2D eigenvalue weighted by molar-refractivity contribution is 7.99. The van der Waals surface area contributed by atoms with Crippen LogP contribution in [0.25, 0.3) is 0 Å². The monoisotopic (exact) mass is 323 g/mol. The van der Waals surface area contributed by atoms with Crippen LogP contribution in [0.15, 0.2) is 23.1 Å². The molecular weight excluding hydrogens is 298 g/mol. The average Bonchev–Trinajstić information content (AvgIpc) is 2.42. The van der Waals surface area contributed by atoms with E-state index in [-0.39, 0.29) is 11.8 Å². The van der Waals surface area contributed by atoms with Crippen LogP contribution < -0.4 is 5.32 Å². The average molecular weight is 323 g/mol. The number of carbonyl (C=O) groups is 2. The topological polar surface area (TPSA) is 66.4 Å². The van der Waals surface area contributed by atoms with Crippen molar-refractivity contribution in [2.24, 2.45) is 5.92 Å². The van der Waals surface area contributed by atoms with Crippen molar-refractivity contribution in [2.45, 2.75) is 51.5 Å². The van der Waals surface area contributed by atoms with Crippen LogP contribution in [0.3, 0.4) is 0 Å². The Kier molecular flexibility index (Phi) is 7.45. The number of carboxylic acid groups (broad SMARTS) is 1. The van der Waals surface area contributed by atoms with Crippen molar-refractivity contribution in [2.75, 3.05) is 5.75 Å². The van der Waals surface area contributed by atoms with Crippen LogP contribution >= 0.6 is 11.8 Å². The third kappa shape index (κ3) is 6.10. The van der Waals surface area contributed by atoms with Crippen molar-refractivity contribution >= 4 is 23.6 Å². The van der Waals surface area contributed by atoms with Crippen LogP contribution in [0, 0.1) is 19.8 Å². The van der Waals surface area contributed by atoms with Crippen molar-refractivity contribution < 1.29 is 14.7 Å². The van der Waals surface area contributed by atoms with Gasteiger partial charge in [0.1, 0.15) is 6.04 Å². The number of aliphatic carboxylic acids is 1. The van der Waals surface area contributed by atoms with E-state index in [1.54, 1.807) is 11.8 Å².